The third kappa shape index (κ3) is 1.40. The van der Waals surface area contributed by atoms with E-state index in [0.29, 0.717) is 5.69 Å². The molecular weight excluding hydrogens is 194 g/mol. The van der Waals surface area contributed by atoms with Crippen LogP contribution in [-0.4, -0.2) is 21.9 Å². The predicted molar refractivity (Wildman–Crippen MR) is 55.3 cm³/mol. The highest BCUT2D eigenvalue weighted by Gasteiger charge is 2.08. The molecule has 0 saturated carbocycles. The second kappa shape index (κ2) is 3.24. The number of carbonyl (C=O) groups is 2. The maximum absolute atomic E-state index is 10.8. The fourth-order valence-corrected chi connectivity index (χ4v) is 1.60. The van der Waals surface area contributed by atoms with E-state index in [9.17, 15) is 9.59 Å². The van der Waals surface area contributed by atoms with E-state index in [1.807, 2.05) is 0 Å². The SMILES string of the molecule is Cn1c(C=O)cc2ccc(C(=O)O)cc21. The first-order chi connectivity index (χ1) is 7.13. The van der Waals surface area contributed by atoms with E-state index in [4.69, 9.17) is 5.11 Å². The van der Waals surface area contributed by atoms with Crippen LogP contribution in [-0.2, 0) is 7.05 Å². The third-order valence-electron chi connectivity index (χ3n) is 2.45. The molecule has 0 saturated heterocycles. The van der Waals surface area contributed by atoms with Gasteiger partial charge in [-0.2, -0.15) is 0 Å². The topological polar surface area (TPSA) is 59.3 Å². The van der Waals surface area contributed by atoms with Gasteiger partial charge < -0.3 is 9.67 Å². The van der Waals surface area contributed by atoms with Crippen molar-refractivity contribution in [2.24, 2.45) is 7.05 Å². The largest absolute Gasteiger partial charge is 0.478 e. The number of hydrogen-bond donors (Lipinski definition) is 1. The Morgan fingerprint density at radius 2 is 2.13 bits per heavy atom. The molecule has 0 spiro atoms. The molecule has 0 aliphatic rings. The van der Waals surface area contributed by atoms with Crippen LogP contribution in [0.5, 0.6) is 0 Å². The summed E-state index contributed by atoms with van der Waals surface area (Å²) in [6, 6.07) is 6.52. The summed E-state index contributed by atoms with van der Waals surface area (Å²) in [5.74, 6) is -0.967. The molecule has 0 aliphatic carbocycles. The van der Waals surface area contributed by atoms with Gasteiger partial charge in [0.1, 0.15) is 0 Å². The standard InChI is InChI=1S/C11H9NO3/c1-12-9(6-13)4-7-2-3-8(11(14)15)5-10(7)12/h2-6H,1H3,(H,14,15). The normalized spacial score (nSPS) is 10.5. The smallest absolute Gasteiger partial charge is 0.335 e. The molecule has 1 aromatic heterocycles. The third-order valence-corrected chi connectivity index (χ3v) is 2.45. The molecule has 76 valence electrons. The Morgan fingerprint density at radius 1 is 1.40 bits per heavy atom. The van der Waals surface area contributed by atoms with Crippen molar-refractivity contribution >= 4 is 23.2 Å². The highest BCUT2D eigenvalue weighted by Crippen LogP contribution is 2.19. The molecule has 0 amide bonds. The van der Waals surface area contributed by atoms with Crippen LogP contribution < -0.4 is 0 Å². The summed E-state index contributed by atoms with van der Waals surface area (Å²) in [5, 5.41) is 9.69. The summed E-state index contributed by atoms with van der Waals surface area (Å²) in [6.07, 6.45) is 0.750. The van der Waals surface area contributed by atoms with Gasteiger partial charge in [0, 0.05) is 18.0 Å². The van der Waals surface area contributed by atoms with Crippen LogP contribution in [0.1, 0.15) is 20.8 Å². The van der Waals surface area contributed by atoms with Gasteiger partial charge in [-0.3, -0.25) is 4.79 Å². The first-order valence-corrected chi connectivity index (χ1v) is 4.41. The van der Waals surface area contributed by atoms with E-state index in [1.54, 1.807) is 29.8 Å². The minimum Gasteiger partial charge on any atom is -0.478 e. The van der Waals surface area contributed by atoms with Gasteiger partial charge in [0.15, 0.2) is 6.29 Å². The van der Waals surface area contributed by atoms with Crippen molar-refractivity contribution in [3.63, 3.8) is 0 Å². The lowest BCUT2D eigenvalue weighted by Crippen LogP contribution is -1.97. The van der Waals surface area contributed by atoms with Gasteiger partial charge in [0.2, 0.25) is 0 Å². The number of carboxylic acid groups (broad SMARTS) is 1. The molecule has 0 aliphatic heterocycles. The molecule has 4 heteroatoms. The fourth-order valence-electron chi connectivity index (χ4n) is 1.60. The molecular formula is C11H9NO3. The van der Waals surface area contributed by atoms with Crippen LogP contribution in [0.2, 0.25) is 0 Å². The second-order valence-corrected chi connectivity index (χ2v) is 3.32. The molecule has 1 N–H and O–H groups in total. The summed E-state index contributed by atoms with van der Waals surface area (Å²) in [6.45, 7) is 0. The number of nitrogens with zero attached hydrogens (tertiary/aromatic N) is 1. The van der Waals surface area contributed by atoms with Crippen molar-refractivity contribution in [1.29, 1.82) is 0 Å². The molecule has 0 atom stereocenters. The van der Waals surface area contributed by atoms with Crippen LogP contribution in [0.15, 0.2) is 24.3 Å². The quantitative estimate of drug-likeness (QED) is 0.755. The molecule has 1 aromatic carbocycles. The average Bonchev–Trinajstić information content (AvgIpc) is 2.55. The minimum atomic E-state index is -0.967. The molecule has 1 heterocycles. The van der Waals surface area contributed by atoms with Crippen LogP contribution in [0.4, 0.5) is 0 Å². The first-order valence-electron chi connectivity index (χ1n) is 4.41. The zero-order valence-electron chi connectivity index (χ0n) is 8.10. The number of aromatic nitrogens is 1. The Morgan fingerprint density at radius 3 is 2.73 bits per heavy atom. The van der Waals surface area contributed by atoms with Crippen molar-refractivity contribution < 1.29 is 14.7 Å². The number of carboxylic acids is 1. The van der Waals surface area contributed by atoms with E-state index < -0.39 is 5.97 Å². The number of hydrogen-bond acceptors (Lipinski definition) is 2. The zero-order chi connectivity index (χ0) is 11.0. The van der Waals surface area contributed by atoms with Crippen molar-refractivity contribution in [1.82, 2.24) is 4.57 Å². The van der Waals surface area contributed by atoms with Gasteiger partial charge in [-0.25, -0.2) is 4.79 Å². The monoisotopic (exact) mass is 203 g/mol. The highest BCUT2D eigenvalue weighted by atomic mass is 16.4. The molecule has 2 rings (SSSR count). The summed E-state index contributed by atoms with van der Waals surface area (Å²) in [4.78, 5) is 21.4. The van der Waals surface area contributed by atoms with E-state index in [2.05, 4.69) is 0 Å². The van der Waals surface area contributed by atoms with Gasteiger partial charge in [-0.1, -0.05) is 6.07 Å². The van der Waals surface area contributed by atoms with Gasteiger partial charge >= 0.3 is 5.97 Å². The summed E-state index contributed by atoms with van der Waals surface area (Å²) in [7, 11) is 1.73. The van der Waals surface area contributed by atoms with Crippen molar-refractivity contribution in [2.45, 2.75) is 0 Å². The molecule has 4 nitrogen and oxygen atoms in total. The molecule has 0 radical (unpaired) electrons. The van der Waals surface area contributed by atoms with Gasteiger partial charge in [0.25, 0.3) is 0 Å². The minimum absolute atomic E-state index is 0.223. The molecule has 15 heavy (non-hydrogen) atoms. The maximum Gasteiger partial charge on any atom is 0.335 e. The zero-order valence-corrected chi connectivity index (χ0v) is 8.10. The van der Waals surface area contributed by atoms with Crippen molar-refractivity contribution in [3.8, 4) is 0 Å². The Labute approximate surface area is 85.7 Å². The molecule has 2 aromatic rings. The molecule has 0 fully saturated rings. The van der Waals surface area contributed by atoms with Gasteiger partial charge in [-0.15, -0.1) is 0 Å². The molecule has 0 unspecified atom stereocenters. The van der Waals surface area contributed by atoms with Crippen LogP contribution in [0.25, 0.3) is 10.9 Å². The van der Waals surface area contributed by atoms with Crippen molar-refractivity contribution in [3.05, 3.63) is 35.5 Å². The second-order valence-electron chi connectivity index (χ2n) is 3.32. The summed E-state index contributed by atoms with van der Waals surface area (Å²) in [5.41, 5.74) is 1.51. The van der Waals surface area contributed by atoms with E-state index >= 15 is 0 Å². The first kappa shape index (κ1) is 9.45. The number of aldehydes is 1. The number of fused-ring (bicyclic) bond motifs is 1. The van der Waals surface area contributed by atoms with E-state index in [-0.39, 0.29) is 5.56 Å². The Balaban J connectivity index is 2.75. The number of benzene rings is 1. The lowest BCUT2D eigenvalue weighted by atomic mass is 10.1. The summed E-state index contributed by atoms with van der Waals surface area (Å²) >= 11 is 0. The van der Waals surface area contributed by atoms with Crippen LogP contribution >= 0.6 is 0 Å². The Kier molecular flexibility index (Phi) is 2.04. The highest BCUT2D eigenvalue weighted by molar-refractivity contribution is 5.95. The number of aryl methyl sites for hydroxylation is 1. The van der Waals surface area contributed by atoms with Gasteiger partial charge in [0.05, 0.1) is 11.3 Å². The fraction of sp³-hybridized carbons (Fsp3) is 0.0909. The summed E-state index contributed by atoms with van der Waals surface area (Å²) < 4.78 is 1.68. The van der Waals surface area contributed by atoms with Crippen LogP contribution in [0.3, 0.4) is 0 Å². The lowest BCUT2D eigenvalue weighted by Gasteiger charge is -1.99. The maximum atomic E-state index is 10.8. The predicted octanol–water partition coefficient (Wildman–Crippen LogP) is 1.69. The average molecular weight is 203 g/mol. The number of rotatable bonds is 2. The Hall–Kier alpha value is -2.10. The molecule has 0 bridgehead atoms. The number of carbonyl (C=O) groups excluding carboxylic acids is 1. The van der Waals surface area contributed by atoms with Crippen molar-refractivity contribution in [2.75, 3.05) is 0 Å². The van der Waals surface area contributed by atoms with E-state index in [0.717, 1.165) is 17.2 Å². The number of aromatic carboxylic acids is 1. The van der Waals surface area contributed by atoms with Crippen LogP contribution in [0, 0.1) is 0 Å². The van der Waals surface area contributed by atoms with E-state index in [1.165, 1.54) is 6.07 Å². The Bertz CT molecular complexity index is 554. The van der Waals surface area contributed by atoms with Gasteiger partial charge in [-0.05, 0) is 18.2 Å². The lowest BCUT2D eigenvalue weighted by molar-refractivity contribution is 0.0697.